The van der Waals surface area contributed by atoms with E-state index in [9.17, 15) is 9.90 Å². The van der Waals surface area contributed by atoms with Crippen LogP contribution >= 0.6 is 11.3 Å². The smallest absolute Gasteiger partial charge is 0.317 e. The summed E-state index contributed by atoms with van der Waals surface area (Å²) >= 11 is 1.63. The molecule has 2 atom stereocenters. The first-order valence-corrected chi connectivity index (χ1v) is 8.97. The van der Waals surface area contributed by atoms with Crippen LogP contribution in [0.15, 0.2) is 47.2 Å². The molecule has 2 heterocycles. The molecular weight excluding hydrogens is 308 g/mol. The Morgan fingerprint density at radius 2 is 2.17 bits per heavy atom. The number of thiophene rings is 1. The van der Waals surface area contributed by atoms with Gasteiger partial charge in [-0.1, -0.05) is 30.3 Å². The number of nitrogens with one attached hydrogen (secondary N) is 1. The standard InChI is InChI=1S/C18H22N2O2S/c21-17(15-5-2-1-3-6-15)11-16-7-4-9-20(16)18(22)19-12-14-8-10-23-13-14/h1-3,5-6,8,10,13,16-17,21H,4,7,9,11-12H2,(H,19,22)/t16-,17+/m1/s1. The largest absolute Gasteiger partial charge is 0.388 e. The maximum Gasteiger partial charge on any atom is 0.317 e. The van der Waals surface area contributed by atoms with E-state index in [1.807, 2.05) is 52.1 Å². The Morgan fingerprint density at radius 1 is 1.35 bits per heavy atom. The highest BCUT2D eigenvalue weighted by Gasteiger charge is 2.30. The molecule has 5 heteroatoms. The number of hydrogen-bond donors (Lipinski definition) is 2. The Kier molecular flexibility index (Phi) is 5.31. The summed E-state index contributed by atoms with van der Waals surface area (Å²) < 4.78 is 0. The van der Waals surface area contributed by atoms with Crippen LogP contribution < -0.4 is 5.32 Å². The van der Waals surface area contributed by atoms with Gasteiger partial charge in [-0.2, -0.15) is 11.3 Å². The summed E-state index contributed by atoms with van der Waals surface area (Å²) in [5, 5.41) is 17.4. The van der Waals surface area contributed by atoms with E-state index >= 15 is 0 Å². The van der Waals surface area contributed by atoms with E-state index in [1.165, 1.54) is 0 Å². The van der Waals surface area contributed by atoms with Crippen LogP contribution in [0.3, 0.4) is 0 Å². The summed E-state index contributed by atoms with van der Waals surface area (Å²) in [5.74, 6) is 0. The number of aliphatic hydroxyl groups is 1. The molecule has 2 aromatic rings. The lowest BCUT2D eigenvalue weighted by molar-refractivity contribution is 0.126. The zero-order chi connectivity index (χ0) is 16.1. The maximum absolute atomic E-state index is 12.4. The third-order valence-electron chi connectivity index (χ3n) is 4.34. The van der Waals surface area contributed by atoms with Crippen molar-refractivity contribution >= 4 is 17.4 Å². The SMILES string of the molecule is O=C(NCc1ccsc1)N1CCC[C@@H]1C[C@H](O)c1ccccc1. The van der Waals surface area contributed by atoms with Crippen LogP contribution in [0.5, 0.6) is 0 Å². The third kappa shape index (κ3) is 4.12. The van der Waals surface area contributed by atoms with Crippen molar-refractivity contribution in [3.8, 4) is 0 Å². The van der Waals surface area contributed by atoms with Gasteiger partial charge in [-0.3, -0.25) is 0 Å². The van der Waals surface area contributed by atoms with Gasteiger partial charge >= 0.3 is 6.03 Å². The van der Waals surface area contributed by atoms with Gasteiger partial charge in [0.05, 0.1) is 6.10 Å². The van der Waals surface area contributed by atoms with Crippen molar-refractivity contribution in [2.45, 2.75) is 38.0 Å². The van der Waals surface area contributed by atoms with Crippen molar-refractivity contribution in [3.05, 3.63) is 58.3 Å². The van der Waals surface area contributed by atoms with Crippen molar-refractivity contribution in [1.29, 1.82) is 0 Å². The van der Waals surface area contributed by atoms with Crippen LogP contribution in [0.2, 0.25) is 0 Å². The van der Waals surface area contributed by atoms with Gasteiger partial charge in [-0.25, -0.2) is 4.79 Å². The van der Waals surface area contributed by atoms with E-state index in [1.54, 1.807) is 11.3 Å². The molecule has 0 aliphatic carbocycles. The number of aliphatic hydroxyl groups excluding tert-OH is 1. The van der Waals surface area contributed by atoms with Gasteiger partial charge in [0.2, 0.25) is 0 Å². The zero-order valence-electron chi connectivity index (χ0n) is 13.0. The number of nitrogens with zero attached hydrogens (tertiary/aromatic N) is 1. The molecule has 0 unspecified atom stereocenters. The van der Waals surface area contributed by atoms with E-state index in [0.29, 0.717) is 13.0 Å². The van der Waals surface area contributed by atoms with Gasteiger partial charge in [-0.15, -0.1) is 0 Å². The van der Waals surface area contributed by atoms with Crippen LogP contribution in [-0.2, 0) is 6.54 Å². The fourth-order valence-electron chi connectivity index (χ4n) is 3.09. The molecule has 1 aliphatic rings. The van der Waals surface area contributed by atoms with E-state index in [2.05, 4.69) is 5.32 Å². The molecule has 1 aromatic heterocycles. The molecule has 2 N–H and O–H groups in total. The molecule has 1 saturated heterocycles. The second kappa shape index (κ2) is 7.62. The molecule has 0 saturated carbocycles. The van der Waals surface area contributed by atoms with Crippen molar-refractivity contribution in [2.75, 3.05) is 6.54 Å². The highest BCUT2D eigenvalue weighted by Crippen LogP contribution is 2.27. The normalized spacial score (nSPS) is 18.8. The fourth-order valence-corrected chi connectivity index (χ4v) is 3.76. The van der Waals surface area contributed by atoms with Crippen LogP contribution in [-0.4, -0.2) is 28.6 Å². The molecule has 122 valence electrons. The summed E-state index contributed by atoms with van der Waals surface area (Å²) in [4.78, 5) is 14.3. The van der Waals surface area contributed by atoms with Crippen LogP contribution in [0, 0.1) is 0 Å². The van der Waals surface area contributed by atoms with E-state index in [4.69, 9.17) is 0 Å². The Morgan fingerprint density at radius 3 is 2.91 bits per heavy atom. The molecule has 23 heavy (non-hydrogen) atoms. The van der Waals surface area contributed by atoms with Crippen LogP contribution in [0.25, 0.3) is 0 Å². The monoisotopic (exact) mass is 330 g/mol. The Labute approximate surface area is 140 Å². The summed E-state index contributed by atoms with van der Waals surface area (Å²) in [5.41, 5.74) is 2.04. The molecule has 1 aromatic carbocycles. The van der Waals surface area contributed by atoms with Crippen molar-refractivity contribution in [2.24, 2.45) is 0 Å². The van der Waals surface area contributed by atoms with Gasteiger partial charge in [0.1, 0.15) is 0 Å². The van der Waals surface area contributed by atoms with Gasteiger partial charge in [0.15, 0.2) is 0 Å². The molecule has 0 bridgehead atoms. The lowest BCUT2D eigenvalue weighted by atomic mass is 10.0. The Hall–Kier alpha value is -1.85. The minimum absolute atomic E-state index is 0.0287. The van der Waals surface area contributed by atoms with E-state index < -0.39 is 6.10 Å². The molecule has 3 rings (SSSR count). The fraction of sp³-hybridized carbons (Fsp3) is 0.389. The minimum Gasteiger partial charge on any atom is -0.388 e. The number of carbonyl (C=O) groups excluding carboxylic acids is 1. The predicted octanol–water partition coefficient (Wildman–Crippen LogP) is 3.55. The first kappa shape index (κ1) is 16.0. The number of carbonyl (C=O) groups is 1. The minimum atomic E-state index is -0.522. The van der Waals surface area contributed by atoms with Gasteiger partial charge in [-0.05, 0) is 47.2 Å². The number of rotatable bonds is 5. The lowest BCUT2D eigenvalue weighted by Crippen LogP contribution is -2.43. The maximum atomic E-state index is 12.4. The molecule has 1 fully saturated rings. The number of benzene rings is 1. The van der Waals surface area contributed by atoms with Crippen molar-refractivity contribution in [1.82, 2.24) is 10.2 Å². The van der Waals surface area contributed by atoms with E-state index in [-0.39, 0.29) is 12.1 Å². The average Bonchev–Trinajstić information content (AvgIpc) is 3.25. The summed E-state index contributed by atoms with van der Waals surface area (Å²) in [7, 11) is 0. The number of likely N-dealkylation sites (tertiary alicyclic amines) is 1. The molecule has 0 spiro atoms. The topological polar surface area (TPSA) is 52.6 Å². The lowest BCUT2D eigenvalue weighted by Gasteiger charge is -2.27. The average molecular weight is 330 g/mol. The quantitative estimate of drug-likeness (QED) is 0.881. The highest BCUT2D eigenvalue weighted by molar-refractivity contribution is 7.07. The second-order valence-corrected chi connectivity index (χ2v) is 6.72. The predicted molar refractivity (Wildman–Crippen MR) is 92.3 cm³/mol. The zero-order valence-corrected chi connectivity index (χ0v) is 13.8. The van der Waals surface area contributed by atoms with Gasteiger partial charge < -0.3 is 15.3 Å². The Balaban J connectivity index is 1.55. The first-order valence-electron chi connectivity index (χ1n) is 8.02. The van der Waals surface area contributed by atoms with Crippen LogP contribution in [0.4, 0.5) is 4.79 Å². The molecule has 0 radical (unpaired) electrons. The van der Waals surface area contributed by atoms with Gasteiger partial charge in [0.25, 0.3) is 0 Å². The molecule has 4 nitrogen and oxygen atoms in total. The van der Waals surface area contributed by atoms with Crippen molar-refractivity contribution < 1.29 is 9.90 Å². The highest BCUT2D eigenvalue weighted by atomic mass is 32.1. The molecular formula is C18H22N2O2S. The summed E-state index contributed by atoms with van der Waals surface area (Å²) in [6.07, 6.45) is 2.02. The van der Waals surface area contributed by atoms with E-state index in [0.717, 1.165) is 30.5 Å². The van der Waals surface area contributed by atoms with Crippen LogP contribution in [0.1, 0.15) is 36.5 Å². The van der Waals surface area contributed by atoms with Gasteiger partial charge in [0, 0.05) is 19.1 Å². The molecule has 1 aliphatic heterocycles. The number of amides is 2. The third-order valence-corrected chi connectivity index (χ3v) is 5.07. The Bertz CT molecular complexity index is 615. The summed E-state index contributed by atoms with van der Waals surface area (Å²) in [6, 6.07) is 11.8. The number of urea groups is 1. The van der Waals surface area contributed by atoms with Crippen molar-refractivity contribution in [3.63, 3.8) is 0 Å². The first-order chi connectivity index (χ1) is 11.2. The summed E-state index contributed by atoms with van der Waals surface area (Å²) in [6.45, 7) is 1.33. The number of hydrogen-bond acceptors (Lipinski definition) is 3. The second-order valence-electron chi connectivity index (χ2n) is 5.94. The molecule has 2 amide bonds.